The molecule has 1 aliphatic rings. The second-order valence-electron chi connectivity index (χ2n) is 4.29. The van der Waals surface area contributed by atoms with E-state index in [-0.39, 0.29) is 0 Å². The van der Waals surface area contributed by atoms with Gasteiger partial charge < -0.3 is 10.2 Å². The average molecular weight is 184 g/mol. The molecule has 2 nitrogen and oxygen atoms in total. The molecule has 1 aliphatic heterocycles. The zero-order valence-electron chi connectivity index (χ0n) is 9.34. The molecule has 0 radical (unpaired) electrons. The molecular weight excluding hydrogens is 160 g/mol. The van der Waals surface area contributed by atoms with Gasteiger partial charge in [0.15, 0.2) is 0 Å². The zero-order valence-corrected chi connectivity index (χ0v) is 9.34. The first-order valence-electron chi connectivity index (χ1n) is 5.67. The predicted molar refractivity (Wildman–Crippen MR) is 58.0 cm³/mol. The van der Waals surface area contributed by atoms with Crippen LogP contribution in [0.25, 0.3) is 0 Å². The molecule has 0 aliphatic carbocycles. The number of hydrogen-bond acceptors (Lipinski definition) is 2. The van der Waals surface area contributed by atoms with E-state index in [1.807, 2.05) is 0 Å². The van der Waals surface area contributed by atoms with Gasteiger partial charge in [-0.15, -0.1) is 0 Å². The molecule has 0 aromatic rings. The Bertz CT molecular complexity index is 130. The maximum absolute atomic E-state index is 3.44. The Morgan fingerprint density at radius 1 is 1.31 bits per heavy atom. The molecule has 13 heavy (non-hydrogen) atoms. The van der Waals surface area contributed by atoms with Crippen LogP contribution in [0.5, 0.6) is 0 Å². The molecule has 0 amide bonds. The number of nitrogens with one attached hydrogen (secondary N) is 1. The quantitative estimate of drug-likeness (QED) is 0.700. The first-order chi connectivity index (χ1) is 6.27. The van der Waals surface area contributed by atoms with E-state index in [1.165, 1.54) is 38.9 Å². The van der Waals surface area contributed by atoms with Gasteiger partial charge in [0.2, 0.25) is 0 Å². The Morgan fingerprint density at radius 2 is 1.92 bits per heavy atom. The topological polar surface area (TPSA) is 15.3 Å². The molecule has 1 heterocycles. The van der Waals surface area contributed by atoms with E-state index in [2.05, 4.69) is 31.1 Å². The minimum atomic E-state index is 0.683. The maximum Gasteiger partial charge on any atom is 0.0217 e. The number of hydrogen-bond donors (Lipinski definition) is 1. The summed E-state index contributed by atoms with van der Waals surface area (Å²) < 4.78 is 0. The molecule has 78 valence electrons. The third-order valence-corrected chi connectivity index (χ3v) is 3.36. The molecule has 0 bridgehead atoms. The van der Waals surface area contributed by atoms with Crippen molar-refractivity contribution in [2.24, 2.45) is 5.92 Å². The minimum absolute atomic E-state index is 0.683. The Hall–Kier alpha value is -0.0800. The molecule has 1 N–H and O–H groups in total. The van der Waals surface area contributed by atoms with E-state index in [9.17, 15) is 0 Å². The van der Waals surface area contributed by atoms with Gasteiger partial charge in [-0.05, 0) is 38.9 Å². The first kappa shape index (κ1) is 11.0. The lowest BCUT2D eigenvalue weighted by Crippen LogP contribution is -2.42. The fourth-order valence-electron chi connectivity index (χ4n) is 2.08. The van der Waals surface area contributed by atoms with E-state index in [0.29, 0.717) is 6.04 Å². The molecule has 1 fully saturated rings. The third-order valence-electron chi connectivity index (χ3n) is 3.36. The summed E-state index contributed by atoms with van der Waals surface area (Å²) in [6.07, 6.45) is 4.08. The second kappa shape index (κ2) is 5.61. The highest BCUT2D eigenvalue weighted by atomic mass is 15.2. The molecule has 2 atom stereocenters. The van der Waals surface area contributed by atoms with E-state index in [4.69, 9.17) is 0 Å². The summed E-state index contributed by atoms with van der Waals surface area (Å²) >= 11 is 0. The summed E-state index contributed by atoms with van der Waals surface area (Å²) in [6, 6.07) is 0.683. The summed E-state index contributed by atoms with van der Waals surface area (Å²) in [4.78, 5) is 2.59. The van der Waals surface area contributed by atoms with E-state index in [1.54, 1.807) is 0 Å². The second-order valence-corrected chi connectivity index (χ2v) is 4.29. The van der Waals surface area contributed by atoms with Crippen molar-refractivity contribution >= 4 is 0 Å². The number of likely N-dealkylation sites (N-methyl/N-ethyl adjacent to an activating group) is 1. The normalized spacial score (nSPS) is 23.3. The van der Waals surface area contributed by atoms with Crippen LogP contribution in [-0.4, -0.2) is 37.6 Å². The van der Waals surface area contributed by atoms with Gasteiger partial charge in [0.25, 0.3) is 0 Å². The fraction of sp³-hybridized carbons (Fsp3) is 1.00. The first-order valence-corrected chi connectivity index (χ1v) is 5.67. The van der Waals surface area contributed by atoms with Gasteiger partial charge in [-0.2, -0.15) is 0 Å². The molecule has 0 saturated carbocycles. The van der Waals surface area contributed by atoms with E-state index < -0.39 is 0 Å². The summed E-state index contributed by atoms with van der Waals surface area (Å²) in [7, 11) is 2.09. The summed E-state index contributed by atoms with van der Waals surface area (Å²) in [6.45, 7) is 8.49. The van der Waals surface area contributed by atoms with Crippen molar-refractivity contribution < 1.29 is 0 Å². The van der Waals surface area contributed by atoms with Gasteiger partial charge in [0.05, 0.1) is 0 Å². The lowest BCUT2D eigenvalue weighted by Gasteiger charge is -2.27. The Kier molecular flexibility index (Phi) is 4.74. The zero-order chi connectivity index (χ0) is 9.68. The lowest BCUT2D eigenvalue weighted by molar-refractivity contribution is 0.253. The predicted octanol–water partition coefficient (Wildman–Crippen LogP) is 1.72. The van der Waals surface area contributed by atoms with Gasteiger partial charge in [-0.3, -0.25) is 0 Å². The van der Waals surface area contributed by atoms with Crippen LogP contribution in [0.3, 0.4) is 0 Å². The number of likely N-dealkylation sites (tertiary alicyclic amines) is 1. The van der Waals surface area contributed by atoms with Gasteiger partial charge in [-0.1, -0.05) is 20.3 Å². The lowest BCUT2D eigenvalue weighted by atomic mass is 9.99. The van der Waals surface area contributed by atoms with Crippen LogP contribution in [0, 0.1) is 5.92 Å². The van der Waals surface area contributed by atoms with Crippen molar-refractivity contribution in [2.75, 3.05) is 26.7 Å². The highest BCUT2D eigenvalue weighted by molar-refractivity contribution is 4.77. The number of rotatable bonds is 5. The Labute approximate surface area is 82.7 Å². The average Bonchev–Trinajstić information content (AvgIpc) is 2.65. The molecule has 1 saturated heterocycles. The van der Waals surface area contributed by atoms with Crippen molar-refractivity contribution in [1.29, 1.82) is 0 Å². The molecular formula is C11H24N2. The van der Waals surface area contributed by atoms with Crippen molar-refractivity contribution in [3.63, 3.8) is 0 Å². The molecule has 2 heteroatoms. The highest BCUT2D eigenvalue weighted by Gasteiger charge is 2.19. The summed E-state index contributed by atoms with van der Waals surface area (Å²) in [5, 5.41) is 3.44. The van der Waals surface area contributed by atoms with Crippen molar-refractivity contribution in [3.8, 4) is 0 Å². The summed E-state index contributed by atoms with van der Waals surface area (Å²) in [5.74, 6) is 0.797. The van der Waals surface area contributed by atoms with Crippen LogP contribution in [0.15, 0.2) is 0 Å². The van der Waals surface area contributed by atoms with E-state index >= 15 is 0 Å². The molecule has 2 unspecified atom stereocenters. The standard InChI is InChI=1S/C11H24N2/c1-4-10(2)11(12-3)9-13-7-5-6-8-13/h10-12H,4-9H2,1-3H3. The van der Waals surface area contributed by atoms with Gasteiger partial charge in [0.1, 0.15) is 0 Å². The van der Waals surface area contributed by atoms with Crippen molar-refractivity contribution in [1.82, 2.24) is 10.2 Å². The molecule has 0 spiro atoms. The molecule has 1 rings (SSSR count). The van der Waals surface area contributed by atoms with E-state index in [0.717, 1.165) is 5.92 Å². The fourth-order valence-corrected chi connectivity index (χ4v) is 2.08. The minimum Gasteiger partial charge on any atom is -0.315 e. The van der Waals surface area contributed by atoms with Crippen LogP contribution < -0.4 is 5.32 Å². The van der Waals surface area contributed by atoms with Gasteiger partial charge in [0, 0.05) is 12.6 Å². The van der Waals surface area contributed by atoms with Crippen LogP contribution >= 0.6 is 0 Å². The Morgan fingerprint density at radius 3 is 2.38 bits per heavy atom. The van der Waals surface area contributed by atoms with Crippen LogP contribution in [-0.2, 0) is 0 Å². The number of nitrogens with zero attached hydrogens (tertiary/aromatic N) is 1. The molecule has 0 aromatic heterocycles. The van der Waals surface area contributed by atoms with Crippen molar-refractivity contribution in [2.45, 2.75) is 39.2 Å². The maximum atomic E-state index is 3.44. The van der Waals surface area contributed by atoms with Gasteiger partial charge in [-0.25, -0.2) is 0 Å². The van der Waals surface area contributed by atoms with Gasteiger partial charge >= 0.3 is 0 Å². The van der Waals surface area contributed by atoms with Crippen molar-refractivity contribution in [3.05, 3.63) is 0 Å². The third kappa shape index (κ3) is 3.28. The monoisotopic (exact) mass is 184 g/mol. The van der Waals surface area contributed by atoms with Crippen LogP contribution in [0.2, 0.25) is 0 Å². The van der Waals surface area contributed by atoms with Crippen LogP contribution in [0.4, 0.5) is 0 Å². The molecule has 0 aromatic carbocycles. The summed E-state index contributed by atoms with van der Waals surface area (Å²) in [5.41, 5.74) is 0. The Balaban J connectivity index is 2.29. The highest BCUT2D eigenvalue weighted by Crippen LogP contribution is 2.13. The smallest absolute Gasteiger partial charge is 0.0217 e. The van der Waals surface area contributed by atoms with Crippen LogP contribution in [0.1, 0.15) is 33.1 Å². The SMILES string of the molecule is CCC(C)C(CN1CCCC1)NC. The largest absolute Gasteiger partial charge is 0.315 e.